The predicted octanol–water partition coefficient (Wildman–Crippen LogP) is 3.07. The van der Waals surface area contributed by atoms with E-state index in [2.05, 4.69) is 0 Å². The zero-order valence-electron chi connectivity index (χ0n) is 10.9. The van der Waals surface area contributed by atoms with Crippen molar-refractivity contribution in [2.45, 2.75) is 39.0 Å². The molecule has 0 aliphatic carbocycles. The summed E-state index contributed by atoms with van der Waals surface area (Å²) in [6, 6.07) is 0. The Morgan fingerprint density at radius 2 is 1.43 bits per heavy atom. The van der Waals surface area contributed by atoms with E-state index in [0.717, 1.165) is 0 Å². The fraction of sp³-hybridized carbons (Fsp3) is 0.545. The molecule has 0 saturated heterocycles. The first-order chi connectivity index (χ1) is 9.21. The molecule has 0 bridgehead atoms. The lowest BCUT2D eigenvalue weighted by molar-refractivity contribution is -0.171. The van der Waals surface area contributed by atoms with Crippen LogP contribution in [0.2, 0.25) is 0 Å². The maximum Gasteiger partial charge on any atom is 0.450 e. The van der Waals surface area contributed by atoms with E-state index >= 15 is 0 Å². The molecule has 0 aliphatic rings. The number of Topliss-reactive ketones (excluding diaryl/α,β-unsaturated/α-hetero) is 2. The fourth-order valence-corrected chi connectivity index (χ4v) is 0.671. The van der Waals surface area contributed by atoms with E-state index in [-0.39, 0.29) is 12.5 Å². The van der Waals surface area contributed by atoms with Gasteiger partial charge in [0.2, 0.25) is 5.78 Å². The molecule has 0 heterocycles. The van der Waals surface area contributed by atoms with Gasteiger partial charge in [0, 0.05) is 18.1 Å². The van der Waals surface area contributed by atoms with Gasteiger partial charge >= 0.3 is 18.3 Å². The Bertz CT molecular complexity index is 419. The number of carbonyl (C=O) groups excluding carboxylic acids is 2. The number of aliphatic carboxylic acids is 1. The highest BCUT2D eigenvalue weighted by Crippen LogP contribution is 2.24. The smallest absolute Gasteiger partial charge is 0.450 e. The average Bonchev–Trinajstić information content (AvgIpc) is 2.26. The summed E-state index contributed by atoms with van der Waals surface area (Å²) in [6.45, 7) is 2.11. The van der Waals surface area contributed by atoms with Gasteiger partial charge in [0.1, 0.15) is 5.78 Å². The van der Waals surface area contributed by atoms with Crippen molar-refractivity contribution in [3.63, 3.8) is 0 Å². The Labute approximate surface area is 115 Å². The number of rotatable bonds is 4. The number of alkyl halides is 6. The summed E-state index contributed by atoms with van der Waals surface area (Å²) in [4.78, 5) is 30.1. The highest BCUT2D eigenvalue weighted by Gasteiger charge is 2.38. The number of hydrogen-bond acceptors (Lipinski definition) is 3. The largest absolute Gasteiger partial charge is 0.478 e. The minimum absolute atomic E-state index is 0.0399. The molecule has 10 heteroatoms. The van der Waals surface area contributed by atoms with Gasteiger partial charge in [-0.05, 0) is 6.92 Å². The summed E-state index contributed by atoms with van der Waals surface area (Å²) in [6.07, 6.45) is -10.3. The molecule has 122 valence electrons. The molecule has 0 unspecified atom stereocenters. The van der Waals surface area contributed by atoms with E-state index in [9.17, 15) is 40.7 Å². The molecule has 0 saturated carbocycles. The zero-order valence-corrected chi connectivity index (χ0v) is 10.9. The van der Waals surface area contributed by atoms with Crippen LogP contribution in [0.15, 0.2) is 11.6 Å². The Balaban J connectivity index is 0. The molecule has 0 rings (SSSR count). The van der Waals surface area contributed by atoms with Crippen LogP contribution in [0.25, 0.3) is 0 Å². The van der Waals surface area contributed by atoms with Crippen molar-refractivity contribution in [2.75, 3.05) is 0 Å². The molecule has 4 nitrogen and oxygen atoms in total. The van der Waals surface area contributed by atoms with Crippen molar-refractivity contribution < 1.29 is 45.8 Å². The quantitative estimate of drug-likeness (QED) is 0.490. The first kappa shape index (κ1) is 21.4. The second kappa shape index (κ2) is 8.42. The lowest BCUT2D eigenvalue weighted by Gasteiger charge is -2.03. The van der Waals surface area contributed by atoms with Gasteiger partial charge in [-0.2, -0.15) is 26.3 Å². The zero-order chi connectivity index (χ0) is 17.4. The number of carboxylic acid groups (broad SMARTS) is 1. The van der Waals surface area contributed by atoms with Gasteiger partial charge in [0.15, 0.2) is 0 Å². The first-order valence-electron chi connectivity index (χ1n) is 5.31. The van der Waals surface area contributed by atoms with E-state index in [1.165, 1.54) is 6.92 Å². The van der Waals surface area contributed by atoms with Gasteiger partial charge in [-0.25, -0.2) is 4.79 Å². The Morgan fingerprint density at radius 1 is 1.00 bits per heavy atom. The van der Waals surface area contributed by atoms with Crippen molar-refractivity contribution in [1.82, 2.24) is 0 Å². The summed E-state index contributed by atoms with van der Waals surface area (Å²) in [7, 11) is 0. The van der Waals surface area contributed by atoms with Crippen LogP contribution in [-0.2, 0) is 14.4 Å². The second-order valence-electron chi connectivity index (χ2n) is 3.65. The number of carbonyl (C=O) groups is 3. The Hall–Kier alpha value is -1.87. The minimum atomic E-state index is -4.87. The van der Waals surface area contributed by atoms with Gasteiger partial charge in [-0.1, -0.05) is 6.92 Å². The summed E-state index contributed by atoms with van der Waals surface area (Å²) in [5.74, 6) is -4.24. The van der Waals surface area contributed by atoms with Crippen LogP contribution in [0.3, 0.4) is 0 Å². The van der Waals surface area contributed by atoms with Crippen LogP contribution in [-0.4, -0.2) is 35.0 Å². The van der Waals surface area contributed by atoms with Crippen molar-refractivity contribution in [2.24, 2.45) is 0 Å². The van der Waals surface area contributed by atoms with Crippen LogP contribution in [0.5, 0.6) is 0 Å². The van der Waals surface area contributed by atoms with E-state index in [1.807, 2.05) is 0 Å². The maximum absolute atomic E-state index is 11.5. The van der Waals surface area contributed by atoms with Crippen LogP contribution in [0.1, 0.15) is 26.7 Å². The van der Waals surface area contributed by atoms with Crippen molar-refractivity contribution in [1.29, 1.82) is 0 Å². The van der Waals surface area contributed by atoms with Gasteiger partial charge in [-0.15, -0.1) is 0 Å². The van der Waals surface area contributed by atoms with E-state index in [0.29, 0.717) is 6.92 Å². The second-order valence-corrected chi connectivity index (χ2v) is 3.65. The molecular formula is C11H12F6O4. The third-order valence-electron chi connectivity index (χ3n) is 1.86. The molecule has 0 amide bonds. The van der Waals surface area contributed by atoms with Gasteiger partial charge < -0.3 is 5.11 Å². The lowest BCUT2D eigenvalue weighted by atomic mass is 10.1. The van der Waals surface area contributed by atoms with Crippen LogP contribution in [0, 0.1) is 0 Å². The standard InChI is InChI=1S/C6H7F3O2.C5H5F3O2/c1-2-4(10)3-5(11)6(7,8)9;1-3(2-4(9)10)5(6,7)8/h2-3H2,1H3;2H,1H3,(H,9,10)/b;3-2-. The van der Waals surface area contributed by atoms with Crippen LogP contribution >= 0.6 is 0 Å². The molecule has 0 aromatic heterocycles. The topological polar surface area (TPSA) is 71.4 Å². The number of allylic oxidation sites excluding steroid dienone is 1. The summed E-state index contributed by atoms with van der Waals surface area (Å²) < 4.78 is 68.8. The number of hydrogen-bond donors (Lipinski definition) is 1. The summed E-state index contributed by atoms with van der Waals surface area (Å²) >= 11 is 0. The van der Waals surface area contributed by atoms with Crippen LogP contribution < -0.4 is 0 Å². The molecule has 0 aromatic rings. The molecule has 21 heavy (non-hydrogen) atoms. The van der Waals surface area contributed by atoms with Crippen LogP contribution in [0.4, 0.5) is 26.3 Å². The molecule has 0 fully saturated rings. The number of carboxylic acids is 1. The minimum Gasteiger partial charge on any atom is -0.478 e. The Kier molecular flexibility index (Phi) is 8.60. The molecular weight excluding hydrogens is 310 g/mol. The molecule has 0 aromatic carbocycles. The molecule has 0 aliphatic heterocycles. The Morgan fingerprint density at radius 3 is 1.62 bits per heavy atom. The monoisotopic (exact) mass is 322 g/mol. The highest BCUT2D eigenvalue weighted by atomic mass is 19.4. The molecule has 0 atom stereocenters. The predicted molar refractivity (Wildman–Crippen MR) is 58.4 cm³/mol. The van der Waals surface area contributed by atoms with E-state index in [1.54, 1.807) is 0 Å². The normalized spacial score (nSPS) is 12.3. The van der Waals surface area contributed by atoms with Crippen molar-refractivity contribution >= 4 is 17.5 Å². The SMILES string of the molecule is C/C(=C/C(=O)O)C(F)(F)F.CCC(=O)CC(=O)C(F)(F)F. The van der Waals surface area contributed by atoms with Crippen molar-refractivity contribution in [3.05, 3.63) is 11.6 Å². The van der Waals surface area contributed by atoms with Crippen molar-refractivity contribution in [3.8, 4) is 0 Å². The van der Waals surface area contributed by atoms with Gasteiger partial charge in [-0.3, -0.25) is 9.59 Å². The summed E-state index contributed by atoms with van der Waals surface area (Å²) in [5.41, 5.74) is -1.11. The molecule has 1 N–H and O–H groups in total. The van der Waals surface area contributed by atoms with E-state index < -0.39 is 41.9 Å². The fourth-order valence-electron chi connectivity index (χ4n) is 0.671. The summed E-state index contributed by atoms with van der Waals surface area (Å²) in [5, 5.41) is 7.87. The molecule has 0 radical (unpaired) electrons. The average molecular weight is 322 g/mol. The number of halogens is 6. The number of ketones is 2. The third kappa shape index (κ3) is 11.6. The van der Waals surface area contributed by atoms with E-state index in [4.69, 9.17) is 5.11 Å². The highest BCUT2D eigenvalue weighted by molar-refractivity contribution is 6.01. The molecule has 0 spiro atoms. The third-order valence-corrected chi connectivity index (χ3v) is 1.86. The first-order valence-corrected chi connectivity index (χ1v) is 5.31. The van der Waals surface area contributed by atoms with Gasteiger partial charge in [0.05, 0.1) is 6.42 Å². The lowest BCUT2D eigenvalue weighted by Crippen LogP contribution is -2.24. The maximum atomic E-state index is 11.5. The van der Waals surface area contributed by atoms with Gasteiger partial charge in [0.25, 0.3) is 0 Å².